The molecule has 0 aliphatic carbocycles. The van der Waals surface area contributed by atoms with E-state index in [2.05, 4.69) is 65.1 Å². The summed E-state index contributed by atoms with van der Waals surface area (Å²) in [5.41, 5.74) is 2.98. The molecule has 1 saturated heterocycles. The maximum absolute atomic E-state index is 3.58. The Hall–Kier alpha value is -0.540. The summed E-state index contributed by atoms with van der Waals surface area (Å²) in [4.78, 5) is 2.53. The monoisotopic (exact) mass is 310 g/mol. The van der Waals surface area contributed by atoms with Crippen LogP contribution in [0.2, 0.25) is 0 Å². The molecule has 0 spiro atoms. The third kappa shape index (κ3) is 3.48. The Bertz CT molecular complexity index is 415. The van der Waals surface area contributed by atoms with Crippen LogP contribution in [0.3, 0.4) is 0 Å². The first kappa shape index (κ1) is 13.9. The van der Waals surface area contributed by atoms with Crippen molar-refractivity contribution in [1.29, 1.82) is 0 Å². The molecule has 1 aliphatic rings. The van der Waals surface area contributed by atoms with Crippen molar-refractivity contribution in [1.82, 2.24) is 5.32 Å². The molecule has 0 unspecified atom stereocenters. The van der Waals surface area contributed by atoms with Crippen molar-refractivity contribution in [2.75, 3.05) is 31.1 Å². The zero-order valence-electron chi connectivity index (χ0n) is 11.6. The number of nitrogens with one attached hydrogen (secondary N) is 1. The van der Waals surface area contributed by atoms with Crippen LogP contribution in [0.4, 0.5) is 5.69 Å². The fourth-order valence-electron chi connectivity index (χ4n) is 2.52. The molecular weight excluding hydrogens is 288 g/mol. The summed E-state index contributed by atoms with van der Waals surface area (Å²) >= 11 is 3.58. The van der Waals surface area contributed by atoms with Crippen LogP contribution >= 0.6 is 15.9 Å². The summed E-state index contributed by atoms with van der Waals surface area (Å²) in [5.74, 6) is 0. The fourth-order valence-corrected chi connectivity index (χ4v) is 2.77. The van der Waals surface area contributed by atoms with Gasteiger partial charge in [-0.1, -0.05) is 29.8 Å². The van der Waals surface area contributed by atoms with Gasteiger partial charge in [0.25, 0.3) is 0 Å². The van der Waals surface area contributed by atoms with Gasteiger partial charge in [0.1, 0.15) is 0 Å². The first-order valence-corrected chi connectivity index (χ1v) is 7.49. The summed E-state index contributed by atoms with van der Waals surface area (Å²) in [6.45, 7) is 11.3. The normalized spacial score (nSPS) is 20.3. The molecular formula is C15H23BrN2. The second kappa shape index (κ2) is 5.62. The van der Waals surface area contributed by atoms with Gasteiger partial charge in [0.05, 0.1) is 0 Å². The van der Waals surface area contributed by atoms with Crippen molar-refractivity contribution in [3.63, 3.8) is 0 Å². The van der Waals surface area contributed by atoms with Gasteiger partial charge in [0.2, 0.25) is 0 Å². The summed E-state index contributed by atoms with van der Waals surface area (Å²) in [6, 6.07) is 6.67. The first-order chi connectivity index (χ1) is 8.48. The molecule has 0 bridgehead atoms. The molecule has 0 atom stereocenters. The minimum Gasteiger partial charge on any atom is -0.371 e. The minimum absolute atomic E-state index is 0.321. The summed E-state index contributed by atoms with van der Waals surface area (Å²) < 4.78 is 1.19. The van der Waals surface area contributed by atoms with E-state index >= 15 is 0 Å². The predicted molar refractivity (Wildman–Crippen MR) is 82.4 cm³/mol. The van der Waals surface area contributed by atoms with E-state index in [1.807, 2.05) is 0 Å². The molecule has 2 rings (SSSR count). The second-order valence-corrected chi connectivity index (χ2v) is 6.90. The van der Waals surface area contributed by atoms with E-state index in [0.717, 1.165) is 26.2 Å². The quantitative estimate of drug-likeness (QED) is 0.853. The van der Waals surface area contributed by atoms with Gasteiger partial charge in [0.15, 0.2) is 0 Å². The molecule has 1 aromatic rings. The molecule has 18 heavy (non-hydrogen) atoms. The molecule has 0 amide bonds. The van der Waals surface area contributed by atoms with E-state index in [1.54, 1.807) is 0 Å². The van der Waals surface area contributed by atoms with Crippen LogP contribution in [-0.2, 0) is 0 Å². The Morgan fingerprint density at radius 2 is 2.11 bits per heavy atom. The second-order valence-electron chi connectivity index (χ2n) is 6.05. The van der Waals surface area contributed by atoms with Gasteiger partial charge in [-0.2, -0.15) is 0 Å². The lowest BCUT2D eigenvalue weighted by atomic mass is 9.91. The molecule has 0 radical (unpaired) electrons. The van der Waals surface area contributed by atoms with E-state index in [1.165, 1.54) is 22.1 Å². The maximum atomic E-state index is 3.58. The van der Waals surface area contributed by atoms with Crippen molar-refractivity contribution >= 4 is 21.6 Å². The third-order valence-corrected chi connectivity index (χ3v) is 4.40. The van der Waals surface area contributed by atoms with Crippen LogP contribution in [-0.4, -0.2) is 26.2 Å². The van der Waals surface area contributed by atoms with Crippen LogP contribution in [0.25, 0.3) is 0 Å². The molecule has 1 aromatic carbocycles. The number of halogens is 1. The number of hydrogen-bond acceptors (Lipinski definition) is 2. The predicted octanol–water partition coefficient (Wildman–Crippen LogP) is 3.58. The molecule has 100 valence electrons. The largest absolute Gasteiger partial charge is 0.371 e. The molecule has 1 heterocycles. The average molecular weight is 311 g/mol. The average Bonchev–Trinajstić information content (AvgIpc) is 2.28. The Labute approximate surface area is 119 Å². The van der Waals surface area contributed by atoms with Gasteiger partial charge in [0, 0.05) is 29.8 Å². The molecule has 1 aliphatic heterocycles. The number of nitrogens with zero attached hydrogens (tertiary/aromatic N) is 1. The van der Waals surface area contributed by atoms with Gasteiger partial charge < -0.3 is 10.2 Å². The van der Waals surface area contributed by atoms with Crippen LogP contribution in [0.5, 0.6) is 0 Å². The standard InChI is InChI=1S/C15H23BrN2/c1-12-9-13(5-6-14(12)16)18-8-4-7-17-10-15(2,3)11-18/h5-6,9,17H,4,7-8,10-11H2,1-3H3. The van der Waals surface area contributed by atoms with E-state index in [-0.39, 0.29) is 0 Å². The highest BCUT2D eigenvalue weighted by Gasteiger charge is 2.23. The van der Waals surface area contributed by atoms with Crippen molar-refractivity contribution in [2.24, 2.45) is 5.41 Å². The fraction of sp³-hybridized carbons (Fsp3) is 0.600. The van der Waals surface area contributed by atoms with Gasteiger partial charge in [-0.15, -0.1) is 0 Å². The molecule has 2 nitrogen and oxygen atoms in total. The number of benzene rings is 1. The van der Waals surface area contributed by atoms with E-state index in [0.29, 0.717) is 5.41 Å². The third-order valence-electron chi connectivity index (χ3n) is 3.51. The Morgan fingerprint density at radius 1 is 1.33 bits per heavy atom. The highest BCUT2D eigenvalue weighted by Crippen LogP contribution is 2.27. The topological polar surface area (TPSA) is 15.3 Å². The Balaban J connectivity index is 2.20. The smallest absolute Gasteiger partial charge is 0.0369 e. The van der Waals surface area contributed by atoms with Gasteiger partial charge in [-0.25, -0.2) is 0 Å². The molecule has 3 heteroatoms. The summed E-state index contributed by atoms with van der Waals surface area (Å²) in [5, 5.41) is 3.54. The maximum Gasteiger partial charge on any atom is 0.0369 e. The first-order valence-electron chi connectivity index (χ1n) is 6.70. The van der Waals surface area contributed by atoms with E-state index in [4.69, 9.17) is 0 Å². The van der Waals surface area contributed by atoms with E-state index < -0.39 is 0 Å². The van der Waals surface area contributed by atoms with Crippen LogP contribution in [0.15, 0.2) is 22.7 Å². The number of rotatable bonds is 1. The zero-order chi connectivity index (χ0) is 13.2. The lowest BCUT2D eigenvalue weighted by Crippen LogP contribution is -2.44. The van der Waals surface area contributed by atoms with Crippen LogP contribution in [0.1, 0.15) is 25.8 Å². The van der Waals surface area contributed by atoms with Crippen LogP contribution < -0.4 is 10.2 Å². The van der Waals surface area contributed by atoms with Crippen molar-refractivity contribution in [3.8, 4) is 0 Å². The molecule has 1 N–H and O–H groups in total. The van der Waals surface area contributed by atoms with Crippen LogP contribution in [0, 0.1) is 12.3 Å². The minimum atomic E-state index is 0.321. The zero-order valence-corrected chi connectivity index (χ0v) is 13.2. The molecule has 0 aromatic heterocycles. The highest BCUT2D eigenvalue weighted by molar-refractivity contribution is 9.10. The summed E-state index contributed by atoms with van der Waals surface area (Å²) in [6.07, 6.45) is 1.21. The van der Waals surface area contributed by atoms with Crippen molar-refractivity contribution in [2.45, 2.75) is 27.2 Å². The van der Waals surface area contributed by atoms with Gasteiger partial charge in [-0.05, 0) is 49.1 Å². The number of anilines is 1. The van der Waals surface area contributed by atoms with E-state index in [9.17, 15) is 0 Å². The number of hydrogen-bond donors (Lipinski definition) is 1. The lowest BCUT2D eigenvalue weighted by molar-refractivity contribution is 0.325. The Kier molecular flexibility index (Phi) is 4.33. The summed E-state index contributed by atoms with van der Waals surface area (Å²) in [7, 11) is 0. The van der Waals surface area contributed by atoms with Crippen molar-refractivity contribution in [3.05, 3.63) is 28.2 Å². The number of aryl methyl sites for hydroxylation is 1. The van der Waals surface area contributed by atoms with Gasteiger partial charge in [-0.3, -0.25) is 0 Å². The van der Waals surface area contributed by atoms with Gasteiger partial charge >= 0.3 is 0 Å². The lowest BCUT2D eigenvalue weighted by Gasteiger charge is -2.37. The SMILES string of the molecule is Cc1cc(N2CCCNCC(C)(C)C2)ccc1Br. The molecule has 1 fully saturated rings. The molecule has 0 saturated carbocycles. The van der Waals surface area contributed by atoms with Crippen molar-refractivity contribution < 1.29 is 0 Å². The Morgan fingerprint density at radius 3 is 2.83 bits per heavy atom. The highest BCUT2D eigenvalue weighted by atomic mass is 79.9.